The number of hydrogen-bond acceptors (Lipinski definition) is 5. The number of nitrogens with one attached hydrogen (secondary N) is 2. The monoisotopic (exact) mass is 531 g/mol. The van der Waals surface area contributed by atoms with Gasteiger partial charge in [0.2, 0.25) is 0 Å². The Morgan fingerprint density at radius 1 is 1.17 bits per heavy atom. The number of rotatable bonds is 10. The van der Waals surface area contributed by atoms with Crippen molar-refractivity contribution in [3.8, 4) is 5.75 Å². The molecule has 0 saturated carbocycles. The van der Waals surface area contributed by atoms with Crippen LogP contribution in [0.15, 0.2) is 39.7 Å². The second-order valence-corrected chi connectivity index (χ2v) is 7.13. The van der Waals surface area contributed by atoms with E-state index in [1.807, 2.05) is 51.1 Å². The Balaban J connectivity index is 0.00000450. The smallest absolute Gasteiger partial charge is 0.191 e. The lowest BCUT2D eigenvalue weighted by Gasteiger charge is -2.24. The molecule has 0 amide bonds. The molecule has 1 heterocycles. The fourth-order valence-corrected chi connectivity index (χ4v) is 2.96. The van der Waals surface area contributed by atoms with Crippen LogP contribution >= 0.6 is 24.0 Å². The summed E-state index contributed by atoms with van der Waals surface area (Å²) in [6, 6.07) is 9.70. The zero-order chi connectivity index (χ0) is 21.3. The summed E-state index contributed by atoms with van der Waals surface area (Å²) in [6.45, 7) is 10.1. The van der Waals surface area contributed by atoms with E-state index in [1.54, 1.807) is 14.0 Å². The molecule has 0 radical (unpaired) electrons. The Morgan fingerprint density at radius 2 is 1.87 bits per heavy atom. The van der Waals surface area contributed by atoms with Gasteiger partial charge < -0.3 is 29.6 Å². The van der Waals surface area contributed by atoms with Gasteiger partial charge in [0.1, 0.15) is 29.5 Å². The van der Waals surface area contributed by atoms with Gasteiger partial charge in [-0.25, -0.2) is 4.99 Å². The van der Waals surface area contributed by atoms with Crippen molar-refractivity contribution in [2.75, 3.05) is 33.4 Å². The van der Waals surface area contributed by atoms with E-state index in [2.05, 4.69) is 15.6 Å². The second kappa shape index (κ2) is 12.8. The van der Waals surface area contributed by atoms with Gasteiger partial charge in [0.05, 0.1) is 19.7 Å². The van der Waals surface area contributed by atoms with Crippen LogP contribution in [0.3, 0.4) is 0 Å². The molecule has 1 aromatic carbocycles. The lowest BCUT2D eigenvalue weighted by molar-refractivity contribution is 0.0601. The lowest BCUT2D eigenvalue weighted by atomic mass is 9.96. The minimum absolute atomic E-state index is 0. The fourth-order valence-electron chi connectivity index (χ4n) is 2.96. The number of nitrogens with zero attached hydrogens (tertiary/aromatic N) is 1. The van der Waals surface area contributed by atoms with Gasteiger partial charge in [-0.2, -0.15) is 0 Å². The highest BCUT2D eigenvalue weighted by Gasteiger charge is 2.27. The molecule has 0 bridgehead atoms. The van der Waals surface area contributed by atoms with Crippen molar-refractivity contribution in [2.45, 2.75) is 39.8 Å². The summed E-state index contributed by atoms with van der Waals surface area (Å²) in [7, 11) is 1.65. The van der Waals surface area contributed by atoms with Crippen molar-refractivity contribution >= 4 is 29.9 Å². The van der Waals surface area contributed by atoms with E-state index in [4.69, 9.17) is 13.9 Å². The standard InChI is InChI=1S/C22H33N3O4.HI/c1-6-23-21(25-15-22(4,26)20-13-16(2)29-17(20)3)24-14-18-7-9-19(10-8-18)28-12-11-27-5;/h7-10,13,26H,6,11-12,14-15H2,1-5H3,(H2,23,24,25);1H. The molecule has 168 valence electrons. The number of hydrogen-bond donors (Lipinski definition) is 3. The van der Waals surface area contributed by atoms with Gasteiger partial charge in [0.15, 0.2) is 5.96 Å². The summed E-state index contributed by atoms with van der Waals surface area (Å²) in [5.41, 5.74) is 0.774. The number of benzene rings is 1. The third kappa shape index (κ3) is 8.16. The summed E-state index contributed by atoms with van der Waals surface area (Å²) in [5.74, 6) is 2.96. The maximum atomic E-state index is 10.9. The Labute approximate surface area is 196 Å². The number of ether oxygens (including phenoxy) is 2. The number of aliphatic imine (C=N–C) groups is 1. The number of guanidine groups is 1. The van der Waals surface area contributed by atoms with Gasteiger partial charge in [-0.05, 0) is 51.5 Å². The van der Waals surface area contributed by atoms with Gasteiger partial charge in [-0.3, -0.25) is 0 Å². The van der Waals surface area contributed by atoms with Gasteiger partial charge >= 0.3 is 0 Å². The molecule has 1 aromatic heterocycles. The van der Waals surface area contributed by atoms with Crippen LogP contribution in [0.4, 0.5) is 0 Å². The third-order valence-corrected chi connectivity index (χ3v) is 4.46. The highest BCUT2D eigenvalue weighted by atomic mass is 127. The number of furan rings is 1. The molecule has 0 spiro atoms. The van der Waals surface area contributed by atoms with E-state index < -0.39 is 5.60 Å². The molecule has 0 saturated heterocycles. The minimum atomic E-state index is -1.07. The van der Waals surface area contributed by atoms with Gasteiger partial charge in [-0.1, -0.05) is 12.1 Å². The van der Waals surface area contributed by atoms with Gasteiger partial charge in [0, 0.05) is 19.2 Å². The molecule has 30 heavy (non-hydrogen) atoms. The van der Waals surface area contributed by atoms with Crippen molar-refractivity contribution in [1.82, 2.24) is 10.6 Å². The van der Waals surface area contributed by atoms with Crippen LogP contribution in [0, 0.1) is 13.8 Å². The first kappa shape index (κ1) is 26.3. The first-order valence-corrected chi connectivity index (χ1v) is 9.88. The van der Waals surface area contributed by atoms with E-state index in [0.717, 1.165) is 34.9 Å². The average Bonchev–Trinajstić information content (AvgIpc) is 3.04. The Hall–Kier alpha value is -1.78. The van der Waals surface area contributed by atoms with E-state index in [0.29, 0.717) is 32.3 Å². The van der Waals surface area contributed by atoms with Crippen LogP contribution in [0.1, 0.15) is 36.5 Å². The average molecular weight is 531 g/mol. The predicted molar refractivity (Wildman–Crippen MR) is 130 cm³/mol. The molecule has 8 heteroatoms. The zero-order valence-corrected chi connectivity index (χ0v) is 20.8. The van der Waals surface area contributed by atoms with Crippen molar-refractivity contribution < 1.29 is 19.0 Å². The highest BCUT2D eigenvalue weighted by molar-refractivity contribution is 14.0. The fraction of sp³-hybridized carbons (Fsp3) is 0.500. The van der Waals surface area contributed by atoms with Crippen molar-refractivity contribution in [3.63, 3.8) is 0 Å². The van der Waals surface area contributed by atoms with E-state index in [9.17, 15) is 5.11 Å². The largest absolute Gasteiger partial charge is 0.491 e. The Kier molecular flexibility index (Phi) is 11.2. The van der Waals surface area contributed by atoms with Crippen molar-refractivity contribution in [2.24, 2.45) is 4.99 Å². The third-order valence-electron chi connectivity index (χ3n) is 4.46. The zero-order valence-electron chi connectivity index (χ0n) is 18.4. The first-order valence-electron chi connectivity index (χ1n) is 9.88. The van der Waals surface area contributed by atoms with Crippen LogP contribution in [0.2, 0.25) is 0 Å². The minimum Gasteiger partial charge on any atom is -0.491 e. The van der Waals surface area contributed by atoms with Crippen LogP contribution in [-0.4, -0.2) is 44.5 Å². The van der Waals surface area contributed by atoms with Crippen molar-refractivity contribution in [1.29, 1.82) is 0 Å². The molecule has 0 aliphatic carbocycles. The van der Waals surface area contributed by atoms with Crippen molar-refractivity contribution in [3.05, 3.63) is 53.0 Å². The summed E-state index contributed by atoms with van der Waals surface area (Å²) in [4.78, 5) is 4.61. The summed E-state index contributed by atoms with van der Waals surface area (Å²) < 4.78 is 16.1. The lowest BCUT2D eigenvalue weighted by Crippen LogP contribution is -2.44. The van der Waals surface area contributed by atoms with Crippen LogP contribution in [0.5, 0.6) is 5.75 Å². The van der Waals surface area contributed by atoms with E-state index in [-0.39, 0.29) is 24.0 Å². The number of methoxy groups -OCH3 is 1. The van der Waals surface area contributed by atoms with E-state index in [1.165, 1.54) is 0 Å². The molecular weight excluding hydrogens is 497 g/mol. The van der Waals surface area contributed by atoms with Crippen LogP contribution < -0.4 is 15.4 Å². The van der Waals surface area contributed by atoms with Gasteiger partial charge in [0.25, 0.3) is 0 Å². The molecule has 0 aliphatic heterocycles. The maximum Gasteiger partial charge on any atom is 0.191 e. The SMILES string of the molecule is CCNC(=NCc1ccc(OCCOC)cc1)NCC(C)(O)c1cc(C)oc1C.I. The van der Waals surface area contributed by atoms with E-state index >= 15 is 0 Å². The molecule has 1 unspecified atom stereocenters. The predicted octanol–water partition coefficient (Wildman–Crippen LogP) is 3.50. The number of halogens is 1. The number of aliphatic hydroxyl groups is 1. The van der Waals surface area contributed by atoms with Crippen LogP contribution in [0.25, 0.3) is 0 Å². The Morgan fingerprint density at radius 3 is 2.43 bits per heavy atom. The molecule has 7 nitrogen and oxygen atoms in total. The summed E-state index contributed by atoms with van der Waals surface area (Å²) in [5, 5.41) is 17.3. The molecular formula is C22H34IN3O4. The normalized spacial score (nSPS) is 13.3. The molecule has 2 aromatic rings. The topological polar surface area (TPSA) is 88.3 Å². The Bertz CT molecular complexity index is 788. The van der Waals surface area contributed by atoms with Crippen LogP contribution in [-0.2, 0) is 16.9 Å². The molecule has 0 fully saturated rings. The quantitative estimate of drug-likeness (QED) is 0.188. The summed E-state index contributed by atoms with van der Waals surface area (Å²) >= 11 is 0. The highest BCUT2D eigenvalue weighted by Crippen LogP contribution is 2.26. The first-order chi connectivity index (χ1) is 13.9. The summed E-state index contributed by atoms with van der Waals surface area (Å²) in [6.07, 6.45) is 0. The molecule has 1 atom stereocenters. The van der Waals surface area contributed by atoms with Gasteiger partial charge in [-0.15, -0.1) is 24.0 Å². The molecule has 0 aliphatic rings. The molecule has 3 N–H and O–H groups in total. The number of aryl methyl sites for hydroxylation is 2. The maximum absolute atomic E-state index is 10.9. The second-order valence-electron chi connectivity index (χ2n) is 7.13. The molecule has 2 rings (SSSR count).